The predicted octanol–water partition coefficient (Wildman–Crippen LogP) is 2.47. The van der Waals surface area contributed by atoms with Crippen molar-refractivity contribution in [3.8, 4) is 0 Å². The molecule has 0 unspecified atom stereocenters. The maximum Gasteiger partial charge on any atom is 0.331 e. The van der Waals surface area contributed by atoms with E-state index in [4.69, 9.17) is 21.1 Å². The van der Waals surface area contributed by atoms with Crippen LogP contribution in [0, 0.1) is 0 Å². The van der Waals surface area contributed by atoms with E-state index >= 15 is 0 Å². The molecule has 18 heavy (non-hydrogen) atoms. The van der Waals surface area contributed by atoms with Crippen molar-refractivity contribution in [2.45, 2.75) is 18.4 Å². The Morgan fingerprint density at radius 2 is 1.94 bits per heavy atom. The maximum absolute atomic E-state index is 12.0. The highest BCUT2D eigenvalue weighted by Crippen LogP contribution is 2.28. The first-order valence-corrected chi connectivity index (χ1v) is 6.24. The number of carbonyl (C=O) groups excluding carboxylic acids is 1. The number of esters is 1. The monoisotopic (exact) mass is 269 g/mol. The fourth-order valence-electron chi connectivity index (χ4n) is 2.10. The van der Waals surface area contributed by atoms with E-state index in [-0.39, 0.29) is 5.97 Å². The Bertz CT molecular complexity index is 413. The summed E-state index contributed by atoms with van der Waals surface area (Å²) in [6, 6.07) is 7.27. The molecule has 4 nitrogen and oxygen atoms in total. The van der Waals surface area contributed by atoms with Crippen molar-refractivity contribution in [3.05, 3.63) is 29.3 Å². The Morgan fingerprint density at radius 3 is 2.50 bits per heavy atom. The summed E-state index contributed by atoms with van der Waals surface area (Å²) in [5, 5.41) is 3.93. The summed E-state index contributed by atoms with van der Waals surface area (Å²) in [4.78, 5) is 12.0. The minimum Gasteiger partial charge on any atom is -0.467 e. The second kappa shape index (κ2) is 5.59. The smallest absolute Gasteiger partial charge is 0.331 e. The van der Waals surface area contributed by atoms with Crippen molar-refractivity contribution in [3.63, 3.8) is 0 Å². The highest BCUT2D eigenvalue weighted by atomic mass is 35.5. The van der Waals surface area contributed by atoms with E-state index in [0.29, 0.717) is 31.1 Å². The van der Waals surface area contributed by atoms with Gasteiger partial charge in [-0.15, -0.1) is 0 Å². The molecule has 0 aliphatic carbocycles. The van der Waals surface area contributed by atoms with Crippen molar-refractivity contribution in [2.75, 3.05) is 25.6 Å². The van der Waals surface area contributed by atoms with Gasteiger partial charge in [0.25, 0.3) is 0 Å². The van der Waals surface area contributed by atoms with Gasteiger partial charge in [-0.2, -0.15) is 0 Å². The summed E-state index contributed by atoms with van der Waals surface area (Å²) in [5.74, 6) is -0.249. The second-order valence-corrected chi connectivity index (χ2v) is 4.75. The van der Waals surface area contributed by atoms with Gasteiger partial charge < -0.3 is 14.8 Å². The van der Waals surface area contributed by atoms with Crippen LogP contribution in [0.4, 0.5) is 5.69 Å². The summed E-state index contributed by atoms with van der Waals surface area (Å²) >= 11 is 5.84. The number of hydrogen-bond acceptors (Lipinski definition) is 4. The number of nitrogens with one attached hydrogen (secondary N) is 1. The van der Waals surface area contributed by atoms with Gasteiger partial charge >= 0.3 is 5.97 Å². The fraction of sp³-hybridized carbons (Fsp3) is 0.462. The van der Waals surface area contributed by atoms with Gasteiger partial charge in [-0.3, -0.25) is 0 Å². The summed E-state index contributed by atoms with van der Waals surface area (Å²) in [7, 11) is 1.41. The van der Waals surface area contributed by atoms with E-state index in [9.17, 15) is 4.79 Å². The zero-order chi connectivity index (χ0) is 13.0. The second-order valence-electron chi connectivity index (χ2n) is 4.32. The molecule has 5 heteroatoms. The highest BCUT2D eigenvalue weighted by Gasteiger charge is 2.41. The van der Waals surface area contributed by atoms with E-state index < -0.39 is 5.54 Å². The van der Waals surface area contributed by atoms with Gasteiger partial charge in [0.1, 0.15) is 5.54 Å². The first kappa shape index (κ1) is 13.2. The quantitative estimate of drug-likeness (QED) is 0.857. The average molecular weight is 270 g/mol. The van der Waals surface area contributed by atoms with Crippen LogP contribution < -0.4 is 5.32 Å². The number of methoxy groups -OCH3 is 1. The zero-order valence-corrected chi connectivity index (χ0v) is 11.0. The molecule has 1 aromatic rings. The number of rotatable bonds is 3. The Hall–Kier alpha value is -1.26. The molecular formula is C13H16ClNO3. The van der Waals surface area contributed by atoms with E-state index in [1.54, 1.807) is 12.1 Å². The number of halogens is 1. The van der Waals surface area contributed by atoms with Gasteiger partial charge in [0.05, 0.1) is 7.11 Å². The van der Waals surface area contributed by atoms with Crippen molar-refractivity contribution >= 4 is 23.3 Å². The van der Waals surface area contributed by atoms with Crippen LogP contribution in [0.5, 0.6) is 0 Å². The predicted molar refractivity (Wildman–Crippen MR) is 69.9 cm³/mol. The van der Waals surface area contributed by atoms with Crippen LogP contribution in [0.15, 0.2) is 24.3 Å². The molecule has 0 spiro atoms. The normalized spacial score (nSPS) is 18.1. The van der Waals surface area contributed by atoms with E-state index in [0.717, 1.165) is 5.69 Å². The van der Waals surface area contributed by atoms with Crippen LogP contribution >= 0.6 is 11.6 Å². The lowest BCUT2D eigenvalue weighted by Crippen LogP contribution is -2.51. The third-order valence-corrected chi connectivity index (χ3v) is 3.40. The van der Waals surface area contributed by atoms with Crippen molar-refractivity contribution in [2.24, 2.45) is 0 Å². The number of benzene rings is 1. The zero-order valence-electron chi connectivity index (χ0n) is 10.2. The van der Waals surface area contributed by atoms with Gasteiger partial charge in [-0.1, -0.05) is 11.6 Å². The first-order chi connectivity index (χ1) is 8.66. The topological polar surface area (TPSA) is 47.6 Å². The first-order valence-electron chi connectivity index (χ1n) is 5.86. The molecule has 0 saturated carbocycles. The van der Waals surface area contributed by atoms with Crippen LogP contribution in [0.1, 0.15) is 12.8 Å². The van der Waals surface area contributed by atoms with Crippen LogP contribution in [-0.4, -0.2) is 31.8 Å². The Morgan fingerprint density at radius 1 is 1.33 bits per heavy atom. The fourth-order valence-corrected chi connectivity index (χ4v) is 2.23. The summed E-state index contributed by atoms with van der Waals surface area (Å²) < 4.78 is 10.2. The van der Waals surface area contributed by atoms with Crippen molar-refractivity contribution in [1.82, 2.24) is 0 Å². The largest absolute Gasteiger partial charge is 0.467 e. The van der Waals surface area contributed by atoms with Gasteiger partial charge in [0.2, 0.25) is 0 Å². The number of ether oxygens (including phenoxy) is 2. The van der Waals surface area contributed by atoms with Crippen LogP contribution in [0.2, 0.25) is 5.02 Å². The van der Waals surface area contributed by atoms with Crippen molar-refractivity contribution < 1.29 is 14.3 Å². The molecule has 1 N–H and O–H groups in total. The molecule has 2 rings (SSSR count). The van der Waals surface area contributed by atoms with E-state index in [2.05, 4.69) is 5.32 Å². The Labute approximate surface area is 111 Å². The van der Waals surface area contributed by atoms with Crippen molar-refractivity contribution in [1.29, 1.82) is 0 Å². The molecule has 0 amide bonds. The van der Waals surface area contributed by atoms with Gasteiger partial charge in [-0.25, -0.2) is 4.79 Å². The van der Waals surface area contributed by atoms with E-state index in [1.165, 1.54) is 7.11 Å². The molecular weight excluding hydrogens is 254 g/mol. The lowest BCUT2D eigenvalue weighted by Gasteiger charge is -2.36. The molecule has 1 aliphatic rings. The molecule has 1 heterocycles. The molecule has 1 saturated heterocycles. The molecule has 0 atom stereocenters. The SMILES string of the molecule is COC(=O)C1(Nc2ccc(Cl)cc2)CCOCC1. The van der Waals surface area contributed by atoms with Crippen LogP contribution in [0.25, 0.3) is 0 Å². The van der Waals surface area contributed by atoms with Crippen LogP contribution in [-0.2, 0) is 14.3 Å². The minimum atomic E-state index is -0.694. The third-order valence-electron chi connectivity index (χ3n) is 3.15. The number of anilines is 1. The highest BCUT2D eigenvalue weighted by molar-refractivity contribution is 6.30. The molecule has 1 aromatic carbocycles. The summed E-state index contributed by atoms with van der Waals surface area (Å²) in [6.45, 7) is 1.10. The summed E-state index contributed by atoms with van der Waals surface area (Å²) in [5.41, 5.74) is 0.160. The third kappa shape index (κ3) is 2.76. The Balaban J connectivity index is 2.19. The maximum atomic E-state index is 12.0. The Kier molecular flexibility index (Phi) is 4.09. The molecule has 98 valence electrons. The number of hydrogen-bond donors (Lipinski definition) is 1. The van der Waals surface area contributed by atoms with E-state index in [1.807, 2.05) is 12.1 Å². The molecule has 0 bridgehead atoms. The molecule has 0 radical (unpaired) electrons. The average Bonchev–Trinajstić information content (AvgIpc) is 2.41. The molecule has 0 aromatic heterocycles. The lowest BCUT2D eigenvalue weighted by atomic mass is 9.89. The summed E-state index contributed by atoms with van der Waals surface area (Å²) in [6.07, 6.45) is 1.20. The van der Waals surface area contributed by atoms with Gasteiger partial charge in [-0.05, 0) is 24.3 Å². The van der Waals surface area contributed by atoms with Gasteiger partial charge in [0.15, 0.2) is 0 Å². The van der Waals surface area contributed by atoms with Gasteiger partial charge in [0, 0.05) is 36.8 Å². The standard InChI is InChI=1S/C13H16ClNO3/c1-17-12(16)13(6-8-18-9-7-13)15-11-4-2-10(14)3-5-11/h2-5,15H,6-9H2,1H3. The lowest BCUT2D eigenvalue weighted by molar-refractivity contribution is -0.149. The minimum absolute atomic E-state index is 0.249. The molecule has 1 fully saturated rings. The number of carbonyl (C=O) groups is 1. The van der Waals surface area contributed by atoms with Crippen LogP contribution in [0.3, 0.4) is 0 Å². The molecule has 1 aliphatic heterocycles.